The van der Waals surface area contributed by atoms with E-state index in [1.807, 2.05) is 122 Å². The fourth-order valence-electron chi connectivity index (χ4n) is 9.23. The van der Waals surface area contributed by atoms with Gasteiger partial charge in [-0.05, 0) is 59.3 Å². The molecule has 510 valence electrons. The number of H-pyrrole nitrogens is 1. The molecular weight excluding hydrogens is 1340 g/mol. The number of aliphatic carboxylic acids is 1. The molecule has 4 aromatic carbocycles. The van der Waals surface area contributed by atoms with Crippen LogP contribution < -0.4 is 24.7 Å². The van der Waals surface area contributed by atoms with Crippen LogP contribution in [0.3, 0.4) is 0 Å². The number of nitrogen functional groups attached to an aromatic ring is 1. The van der Waals surface area contributed by atoms with E-state index in [9.17, 15) is 28.8 Å². The number of esters is 2. The third-order valence-electron chi connectivity index (χ3n) is 13.6. The normalized spacial score (nSPS) is 11.1. The Hall–Kier alpha value is -10.9. The molecule has 0 amide bonds. The van der Waals surface area contributed by atoms with Gasteiger partial charge in [0, 0.05) is 112 Å². The number of hydrogen-bond acceptors (Lipinski definition) is 20. The highest BCUT2D eigenvalue weighted by molar-refractivity contribution is 8.26. The number of methoxy groups -OCH3 is 6. The third kappa shape index (κ3) is 24.1. The van der Waals surface area contributed by atoms with Gasteiger partial charge in [0.1, 0.15) is 17.4 Å². The SMILES string of the molecule is CC(=O)Cl.COC(=O)C(C(C)=O)c1ccc(OC)nc1.COC(=O)Cc1ccc(OC)nc1.COc1ccc(C2=C(C)Cc3c(-c4ccccc4)c(-c4ccccc4)nn3C2=O)cn1.COc1ccc(CC(=O)O)cn1.Nc1n[nH]c(-c2ccccc2)c1-c1ccccc1.O=S(Cl)Cl. The monoisotopic (exact) mass is 1410 g/mol. The molecule has 4 N–H and O–H groups in total. The predicted molar refractivity (Wildman–Crippen MR) is 376 cm³/mol. The first-order chi connectivity index (χ1) is 47.1. The maximum absolute atomic E-state index is 13.6. The summed E-state index contributed by atoms with van der Waals surface area (Å²) < 4.78 is 39.5. The average Bonchev–Trinajstić information content (AvgIpc) is 1.62. The zero-order valence-electron chi connectivity index (χ0n) is 54.7. The van der Waals surface area contributed by atoms with E-state index in [4.69, 9.17) is 39.1 Å². The van der Waals surface area contributed by atoms with E-state index in [-0.39, 0.29) is 35.7 Å². The summed E-state index contributed by atoms with van der Waals surface area (Å²) in [5.41, 5.74) is 19.2. The maximum Gasteiger partial charge on any atom is 0.320 e. The quantitative estimate of drug-likeness (QED) is 0.0460. The number of pyridine rings is 4. The van der Waals surface area contributed by atoms with Crippen LogP contribution in [0.2, 0.25) is 0 Å². The highest BCUT2D eigenvalue weighted by Gasteiger charge is 2.32. The first-order valence-electron chi connectivity index (χ1n) is 29.2. The van der Waals surface area contributed by atoms with Crippen LogP contribution in [0.4, 0.5) is 5.82 Å². The van der Waals surface area contributed by atoms with Crippen molar-refractivity contribution in [2.75, 3.05) is 48.4 Å². The molecule has 0 spiro atoms. The van der Waals surface area contributed by atoms with Crippen LogP contribution in [0.25, 0.3) is 50.3 Å². The van der Waals surface area contributed by atoms with E-state index in [1.54, 1.807) is 73.8 Å². The third-order valence-corrected chi connectivity index (χ3v) is 13.6. The summed E-state index contributed by atoms with van der Waals surface area (Å²) in [5.74, 6) is -0.544. The Morgan fingerprint density at radius 3 is 1.41 bits per heavy atom. The number of ether oxygens (including phenoxy) is 6. The van der Waals surface area contributed by atoms with Gasteiger partial charge in [-0.2, -0.15) is 14.9 Å². The number of rotatable bonds is 16. The molecule has 0 radical (unpaired) electrons. The summed E-state index contributed by atoms with van der Waals surface area (Å²) in [5, 5.41) is 20.0. The Kier molecular flexibility index (Phi) is 32.1. The lowest BCUT2D eigenvalue weighted by molar-refractivity contribution is -0.145. The van der Waals surface area contributed by atoms with Gasteiger partial charge in [0.15, 0.2) is 5.82 Å². The average molecular weight is 1410 g/mol. The van der Waals surface area contributed by atoms with Gasteiger partial charge >= 0.3 is 17.9 Å². The first kappa shape index (κ1) is 77.8. The molecular formula is C71H70Cl3N9O14S. The van der Waals surface area contributed by atoms with Crippen LogP contribution >= 0.6 is 33.0 Å². The van der Waals surface area contributed by atoms with Crippen LogP contribution in [0.15, 0.2) is 200 Å². The number of nitrogens with one attached hydrogen (secondary N) is 1. The molecule has 27 heteroatoms. The molecule has 0 bridgehead atoms. The number of nitrogens with zero attached hydrogens (tertiary/aromatic N) is 7. The number of nitrogens with two attached hydrogens (primary N) is 1. The molecule has 98 heavy (non-hydrogen) atoms. The number of allylic oxidation sites excluding steroid dienone is 2. The smallest absolute Gasteiger partial charge is 0.320 e. The predicted octanol–water partition coefficient (Wildman–Crippen LogP) is 12.9. The number of aromatic nitrogens is 8. The summed E-state index contributed by atoms with van der Waals surface area (Å²) in [6.45, 7) is 4.64. The van der Waals surface area contributed by atoms with Gasteiger partial charge in [0.05, 0.1) is 72.5 Å². The topological polar surface area (TPSA) is 319 Å². The molecule has 1 atom stereocenters. The molecule has 10 aromatic rings. The Balaban J connectivity index is 0.000000225. The minimum absolute atomic E-state index is 0.00298. The van der Waals surface area contributed by atoms with Crippen LogP contribution in [-0.2, 0) is 61.9 Å². The number of carboxylic acids is 1. The molecule has 0 fully saturated rings. The molecule has 1 aliphatic rings. The number of ketones is 1. The Labute approximate surface area is 582 Å². The van der Waals surface area contributed by atoms with Crippen molar-refractivity contribution in [2.24, 2.45) is 0 Å². The summed E-state index contributed by atoms with van der Waals surface area (Å²) in [7, 11) is 16.1. The molecule has 7 heterocycles. The van der Waals surface area contributed by atoms with Crippen LogP contribution in [0, 0.1) is 0 Å². The highest BCUT2D eigenvalue weighted by atomic mass is 36.0. The number of hydrogen-bond donors (Lipinski definition) is 3. The van der Waals surface area contributed by atoms with Gasteiger partial charge in [-0.3, -0.25) is 33.9 Å². The van der Waals surface area contributed by atoms with Crippen molar-refractivity contribution < 1.29 is 66.5 Å². The minimum Gasteiger partial charge on any atom is -0.481 e. The second-order valence-corrected chi connectivity index (χ2v) is 23.3. The Bertz CT molecular complexity index is 4230. The summed E-state index contributed by atoms with van der Waals surface area (Å²) >= 11 is 4.64. The molecule has 0 aliphatic carbocycles. The van der Waals surface area contributed by atoms with Gasteiger partial charge < -0.3 is 39.3 Å². The fourth-order valence-corrected chi connectivity index (χ4v) is 9.23. The van der Waals surface area contributed by atoms with E-state index in [1.165, 1.54) is 54.7 Å². The fraction of sp³-hybridized carbons (Fsp3) is 0.183. The van der Waals surface area contributed by atoms with Gasteiger partial charge in [-0.25, -0.2) is 24.1 Å². The lowest BCUT2D eigenvalue weighted by Gasteiger charge is -2.19. The molecule has 0 saturated carbocycles. The zero-order chi connectivity index (χ0) is 71.7. The maximum atomic E-state index is 13.6. The number of halogens is 3. The number of fused-ring (bicyclic) bond motifs is 1. The largest absolute Gasteiger partial charge is 0.481 e. The van der Waals surface area contributed by atoms with Crippen LogP contribution in [0.1, 0.15) is 59.4 Å². The van der Waals surface area contributed by atoms with Gasteiger partial charge in [-0.1, -0.05) is 145 Å². The summed E-state index contributed by atoms with van der Waals surface area (Å²) in [6, 6.07) is 53.9. The van der Waals surface area contributed by atoms with Gasteiger partial charge in [0.2, 0.25) is 38.0 Å². The zero-order valence-corrected chi connectivity index (χ0v) is 57.8. The van der Waals surface area contributed by atoms with Crippen LogP contribution in [0.5, 0.6) is 23.5 Å². The summed E-state index contributed by atoms with van der Waals surface area (Å²) in [4.78, 5) is 82.7. The van der Waals surface area contributed by atoms with Crippen molar-refractivity contribution in [1.29, 1.82) is 0 Å². The van der Waals surface area contributed by atoms with E-state index < -0.39 is 27.1 Å². The number of Topliss-reactive ketones (excluding diaryl/α,β-unsaturated/α-hetero) is 1. The number of benzene rings is 4. The molecule has 23 nitrogen and oxygen atoms in total. The van der Waals surface area contributed by atoms with E-state index in [0.29, 0.717) is 52.5 Å². The lowest BCUT2D eigenvalue weighted by atomic mass is 9.91. The number of aromatic amines is 1. The first-order valence-corrected chi connectivity index (χ1v) is 32.4. The van der Waals surface area contributed by atoms with Crippen molar-refractivity contribution in [1.82, 2.24) is 39.9 Å². The molecule has 0 saturated heterocycles. The van der Waals surface area contributed by atoms with Crippen molar-refractivity contribution in [2.45, 2.75) is 46.0 Å². The Morgan fingerprint density at radius 1 is 0.582 bits per heavy atom. The van der Waals surface area contributed by atoms with E-state index in [0.717, 1.165) is 67.2 Å². The lowest BCUT2D eigenvalue weighted by Crippen LogP contribution is -2.23. The highest BCUT2D eigenvalue weighted by Crippen LogP contribution is 2.40. The van der Waals surface area contributed by atoms with Gasteiger partial charge in [0.25, 0.3) is 5.91 Å². The number of carbonyl (C=O) groups excluding carboxylic acids is 5. The van der Waals surface area contributed by atoms with Crippen LogP contribution in [-0.4, -0.2) is 127 Å². The van der Waals surface area contributed by atoms with Crippen molar-refractivity contribution in [3.63, 3.8) is 0 Å². The number of anilines is 1. The van der Waals surface area contributed by atoms with Crippen molar-refractivity contribution in [3.05, 3.63) is 228 Å². The number of carbonyl (C=O) groups is 6. The molecule has 1 unspecified atom stereocenters. The second kappa shape index (κ2) is 40.5. The van der Waals surface area contributed by atoms with Crippen molar-refractivity contribution in [3.8, 4) is 68.3 Å². The van der Waals surface area contributed by atoms with Gasteiger partial charge in [-0.15, -0.1) is 0 Å². The van der Waals surface area contributed by atoms with E-state index in [2.05, 4.69) is 84.7 Å². The Morgan fingerprint density at radius 2 is 1.01 bits per heavy atom. The van der Waals surface area contributed by atoms with E-state index >= 15 is 0 Å². The molecule has 1 aliphatic heterocycles. The second-order valence-electron chi connectivity index (χ2n) is 20.2. The summed E-state index contributed by atoms with van der Waals surface area (Å²) in [6.07, 6.45) is 7.08. The van der Waals surface area contributed by atoms with Crippen molar-refractivity contribution >= 4 is 88.4 Å². The number of carboxylic acid groups (broad SMARTS) is 1. The standard InChI is InChI=1S/C26H21N3O2.C15H13N3.C11H13NO4.C9H11NO3.C8H9NO3.C2H3ClO.Cl2OS/c1-17-15-21-24(18-9-5-3-6-10-18)25(19-11-7-4-8-12-19)28-29(21)26(30)23(17)20-13-14-22(31-2)27-16-20;16-15-13(11-7-3-1-4-8-11)14(17-18-15)12-9-5-2-6-10-12;1-7(13)10(11(14)16-3)8-4-5-9(15-2)12-6-8;1-12-8-4-3-7(6-10-8)5-9(11)13-2;1-12-7-3-2-6(5-9-7)4-8(10)11;1-2(3)4;1-4(2)3/h3-14,16H,15H2,1-2H3;1-10H,(H3,16,17,18);4-6,10H,1-3H3;3-4,6H,5H2,1-2H3;2-3,5H,4H2,1H3,(H,10,11);1H3;. The minimum atomic E-state index is -1.67. The molecule has 6 aromatic heterocycles. The molecule has 11 rings (SSSR count).